The zero-order valence-corrected chi connectivity index (χ0v) is 15.6. The number of hydrogen-bond acceptors (Lipinski definition) is 6. The molecule has 2 aliphatic heterocycles. The molecule has 0 atom stereocenters. The van der Waals surface area contributed by atoms with Gasteiger partial charge >= 0.3 is 0 Å². The van der Waals surface area contributed by atoms with Crippen molar-refractivity contribution in [3.63, 3.8) is 0 Å². The SMILES string of the molecule is CS(=O)(=O)N1CCN(c2ccc(N3CCNc4ccccc43)cn2)CC1. The first-order valence-corrected chi connectivity index (χ1v) is 10.6. The molecule has 4 rings (SSSR count). The van der Waals surface area contributed by atoms with E-state index in [4.69, 9.17) is 0 Å². The molecule has 7 nitrogen and oxygen atoms in total. The minimum atomic E-state index is -3.11. The van der Waals surface area contributed by atoms with Gasteiger partial charge in [-0.25, -0.2) is 13.4 Å². The van der Waals surface area contributed by atoms with Crippen LogP contribution < -0.4 is 15.1 Å². The van der Waals surface area contributed by atoms with Crippen molar-refractivity contribution < 1.29 is 8.42 Å². The normalized spacial score (nSPS) is 18.3. The summed E-state index contributed by atoms with van der Waals surface area (Å²) in [5.41, 5.74) is 3.37. The molecule has 1 aromatic carbocycles. The van der Waals surface area contributed by atoms with Gasteiger partial charge in [0.1, 0.15) is 5.82 Å². The smallest absolute Gasteiger partial charge is 0.211 e. The molecule has 138 valence electrons. The van der Waals surface area contributed by atoms with Crippen molar-refractivity contribution >= 4 is 32.9 Å². The Bertz CT molecular complexity index is 877. The first kappa shape index (κ1) is 17.1. The molecule has 0 aliphatic carbocycles. The summed E-state index contributed by atoms with van der Waals surface area (Å²) >= 11 is 0. The van der Waals surface area contributed by atoms with Crippen LogP contribution in [0, 0.1) is 0 Å². The van der Waals surface area contributed by atoms with Gasteiger partial charge in [-0.3, -0.25) is 0 Å². The molecule has 1 aromatic heterocycles. The summed E-state index contributed by atoms with van der Waals surface area (Å²) in [6.45, 7) is 4.13. The minimum absolute atomic E-state index is 0.507. The van der Waals surface area contributed by atoms with E-state index in [1.807, 2.05) is 24.4 Å². The van der Waals surface area contributed by atoms with Gasteiger partial charge in [-0.15, -0.1) is 0 Å². The van der Waals surface area contributed by atoms with E-state index < -0.39 is 10.0 Å². The van der Waals surface area contributed by atoms with E-state index in [1.54, 1.807) is 0 Å². The molecule has 0 amide bonds. The number of nitrogens with zero attached hydrogens (tertiary/aromatic N) is 4. The van der Waals surface area contributed by atoms with Gasteiger partial charge in [-0.05, 0) is 24.3 Å². The number of rotatable bonds is 3. The van der Waals surface area contributed by atoms with Gasteiger partial charge in [0, 0.05) is 39.3 Å². The standard InChI is InChI=1S/C18H23N5O2S/c1-26(24,25)22-12-10-21(11-13-22)18-7-6-15(14-20-18)23-9-8-19-16-4-2-3-5-17(16)23/h2-7,14,19H,8-13H2,1H3. The fourth-order valence-corrected chi connectivity index (χ4v) is 4.35. The van der Waals surface area contributed by atoms with E-state index in [-0.39, 0.29) is 0 Å². The molecule has 0 bridgehead atoms. The van der Waals surface area contributed by atoms with E-state index in [1.165, 1.54) is 10.6 Å². The third kappa shape index (κ3) is 3.34. The molecule has 0 spiro atoms. The van der Waals surface area contributed by atoms with E-state index in [2.05, 4.69) is 38.3 Å². The number of nitrogens with one attached hydrogen (secondary N) is 1. The third-order valence-electron chi connectivity index (χ3n) is 4.92. The van der Waals surface area contributed by atoms with Crippen molar-refractivity contribution in [2.75, 3.05) is 60.6 Å². The van der Waals surface area contributed by atoms with E-state index in [0.717, 1.165) is 36.0 Å². The fourth-order valence-electron chi connectivity index (χ4n) is 3.52. The highest BCUT2D eigenvalue weighted by Gasteiger charge is 2.24. The third-order valence-corrected chi connectivity index (χ3v) is 6.22. The van der Waals surface area contributed by atoms with Gasteiger partial charge < -0.3 is 15.1 Å². The first-order valence-electron chi connectivity index (χ1n) is 8.79. The Morgan fingerprint density at radius 3 is 2.46 bits per heavy atom. The maximum absolute atomic E-state index is 11.6. The summed E-state index contributed by atoms with van der Waals surface area (Å²) in [6.07, 6.45) is 3.17. The molecule has 1 saturated heterocycles. The zero-order chi connectivity index (χ0) is 18.1. The molecule has 1 fully saturated rings. The second-order valence-electron chi connectivity index (χ2n) is 6.62. The molecule has 1 N–H and O–H groups in total. The molecular formula is C18H23N5O2S. The van der Waals surface area contributed by atoms with Crippen LogP contribution in [0.25, 0.3) is 0 Å². The maximum Gasteiger partial charge on any atom is 0.211 e. The average molecular weight is 373 g/mol. The Hall–Kier alpha value is -2.32. The molecule has 2 aliphatic rings. The number of piperazine rings is 1. The summed E-state index contributed by atoms with van der Waals surface area (Å²) in [6, 6.07) is 12.4. The summed E-state index contributed by atoms with van der Waals surface area (Å²) in [5.74, 6) is 0.894. The quantitative estimate of drug-likeness (QED) is 0.884. The van der Waals surface area contributed by atoms with Crippen LogP contribution in [0.2, 0.25) is 0 Å². The van der Waals surface area contributed by atoms with Crippen LogP contribution in [0.4, 0.5) is 22.9 Å². The molecular weight excluding hydrogens is 350 g/mol. The molecule has 0 saturated carbocycles. The van der Waals surface area contributed by atoms with Gasteiger partial charge in [-0.1, -0.05) is 12.1 Å². The highest BCUT2D eigenvalue weighted by molar-refractivity contribution is 7.88. The van der Waals surface area contributed by atoms with Gasteiger partial charge in [0.25, 0.3) is 0 Å². The van der Waals surface area contributed by atoms with Gasteiger partial charge in [0.15, 0.2) is 0 Å². The lowest BCUT2D eigenvalue weighted by molar-refractivity contribution is 0.387. The van der Waals surface area contributed by atoms with Crippen LogP contribution in [0.15, 0.2) is 42.6 Å². The van der Waals surface area contributed by atoms with E-state index >= 15 is 0 Å². The summed E-state index contributed by atoms with van der Waals surface area (Å²) in [7, 11) is -3.11. The van der Waals surface area contributed by atoms with Crippen LogP contribution in [-0.4, -0.2) is 63.2 Å². The number of para-hydroxylation sites is 2. The number of hydrogen-bond donors (Lipinski definition) is 1. The number of pyridine rings is 1. The lowest BCUT2D eigenvalue weighted by Gasteiger charge is -2.35. The lowest BCUT2D eigenvalue weighted by atomic mass is 10.2. The van der Waals surface area contributed by atoms with Crippen molar-refractivity contribution in [3.8, 4) is 0 Å². The highest BCUT2D eigenvalue weighted by atomic mass is 32.2. The molecule has 0 radical (unpaired) electrons. The average Bonchev–Trinajstić information content (AvgIpc) is 2.67. The molecule has 0 unspecified atom stereocenters. The van der Waals surface area contributed by atoms with Crippen molar-refractivity contribution in [2.45, 2.75) is 0 Å². The topological polar surface area (TPSA) is 68.8 Å². The van der Waals surface area contributed by atoms with Crippen LogP contribution in [0.5, 0.6) is 0 Å². The Balaban J connectivity index is 1.49. The minimum Gasteiger partial charge on any atom is -0.382 e. The van der Waals surface area contributed by atoms with Crippen molar-refractivity contribution in [1.29, 1.82) is 0 Å². The number of benzene rings is 1. The number of anilines is 4. The fraction of sp³-hybridized carbons (Fsp3) is 0.389. The number of sulfonamides is 1. The Labute approximate surface area is 154 Å². The van der Waals surface area contributed by atoms with E-state index in [0.29, 0.717) is 26.2 Å². The zero-order valence-electron chi connectivity index (χ0n) is 14.8. The monoisotopic (exact) mass is 373 g/mol. The van der Waals surface area contributed by atoms with E-state index in [9.17, 15) is 8.42 Å². The number of aromatic nitrogens is 1. The van der Waals surface area contributed by atoms with Gasteiger partial charge in [0.2, 0.25) is 10.0 Å². The Kier molecular flexibility index (Phi) is 4.46. The van der Waals surface area contributed by atoms with Crippen LogP contribution in [-0.2, 0) is 10.0 Å². The van der Waals surface area contributed by atoms with Crippen molar-refractivity contribution in [1.82, 2.24) is 9.29 Å². The highest BCUT2D eigenvalue weighted by Crippen LogP contribution is 2.34. The summed E-state index contributed by atoms with van der Waals surface area (Å²) < 4.78 is 24.8. The molecule has 26 heavy (non-hydrogen) atoms. The molecule has 3 heterocycles. The maximum atomic E-state index is 11.6. The second kappa shape index (κ2) is 6.77. The van der Waals surface area contributed by atoms with Crippen molar-refractivity contribution in [2.24, 2.45) is 0 Å². The summed E-state index contributed by atoms with van der Waals surface area (Å²) in [4.78, 5) is 9.04. The molecule has 8 heteroatoms. The van der Waals surface area contributed by atoms with Crippen LogP contribution >= 0.6 is 0 Å². The predicted molar refractivity (Wildman–Crippen MR) is 105 cm³/mol. The van der Waals surface area contributed by atoms with Gasteiger partial charge in [0.05, 0.1) is 29.5 Å². The van der Waals surface area contributed by atoms with Crippen LogP contribution in [0.3, 0.4) is 0 Å². The largest absolute Gasteiger partial charge is 0.382 e. The molecule has 2 aromatic rings. The number of fused-ring (bicyclic) bond motifs is 1. The lowest BCUT2D eigenvalue weighted by Crippen LogP contribution is -2.48. The predicted octanol–water partition coefficient (Wildman–Crippen LogP) is 1.73. The van der Waals surface area contributed by atoms with Gasteiger partial charge in [-0.2, -0.15) is 4.31 Å². The van der Waals surface area contributed by atoms with Crippen molar-refractivity contribution in [3.05, 3.63) is 42.6 Å². The summed E-state index contributed by atoms with van der Waals surface area (Å²) in [5, 5.41) is 3.42. The second-order valence-corrected chi connectivity index (χ2v) is 8.60. The Morgan fingerprint density at radius 1 is 1.00 bits per heavy atom. The first-order chi connectivity index (χ1) is 12.5. The Morgan fingerprint density at radius 2 is 1.77 bits per heavy atom. The van der Waals surface area contributed by atoms with Crippen LogP contribution in [0.1, 0.15) is 0 Å².